The highest BCUT2D eigenvalue weighted by Gasteiger charge is 2.56. The van der Waals surface area contributed by atoms with Gasteiger partial charge in [-0.3, -0.25) is 4.79 Å². The van der Waals surface area contributed by atoms with Gasteiger partial charge >= 0.3 is 0 Å². The van der Waals surface area contributed by atoms with Crippen LogP contribution < -0.4 is 0 Å². The van der Waals surface area contributed by atoms with Crippen molar-refractivity contribution in [1.29, 1.82) is 0 Å². The molecule has 0 bridgehead atoms. The topological polar surface area (TPSA) is 37.3 Å². The van der Waals surface area contributed by atoms with E-state index in [-0.39, 0.29) is 10.8 Å². The highest BCUT2D eigenvalue weighted by atomic mass is 16.3. The molecule has 0 aromatic rings. The molecule has 2 heteroatoms. The van der Waals surface area contributed by atoms with E-state index >= 15 is 0 Å². The van der Waals surface area contributed by atoms with Crippen molar-refractivity contribution in [1.82, 2.24) is 0 Å². The molecule has 4 aliphatic rings. The Morgan fingerprint density at radius 3 is 2.50 bits per heavy atom. The minimum Gasteiger partial charge on any atom is -0.390 e. The third-order valence-corrected chi connectivity index (χ3v) is 7.56. The van der Waals surface area contributed by atoms with E-state index in [1.54, 1.807) is 5.57 Å². The zero-order valence-electron chi connectivity index (χ0n) is 14.1. The van der Waals surface area contributed by atoms with Crippen LogP contribution in [0, 0.1) is 22.7 Å². The van der Waals surface area contributed by atoms with Gasteiger partial charge in [0.1, 0.15) is 5.78 Å². The normalized spacial score (nSPS) is 50.6. The van der Waals surface area contributed by atoms with E-state index in [9.17, 15) is 9.90 Å². The summed E-state index contributed by atoms with van der Waals surface area (Å²) in [4.78, 5) is 12.4. The summed E-state index contributed by atoms with van der Waals surface area (Å²) in [6, 6.07) is 0. The van der Waals surface area contributed by atoms with E-state index < -0.39 is 5.60 Å². The van der Waals surface area contributed by atoms with Gasteiger partial charge in [0, 0.05) is 11.8 Å². The molecule has 4 rings (SSSR count). The molecule has 0 aromatic carbocycles. The fraction of sp³-hybridized carbons (Fsp3) is 0.750. The van der Waals surface area contributed by atoms with Gasteiger partial charge in [-0.15, -0.1) is 0 Å². The summed E-state index contributed by atoms with van der Waals surface area (Å²) < 4.78 is 0. The molecule has 3 saturated carbocycles. The van der Waals surface area contributed by atoms with Crippen molar-refractivity contribution in [2.75, 3.05) is 0 Å². The second-order valence-electron chi connectivity index (χ2n) is 8.97. The molecule has 0 radical (unpaired) electrons. The van der Waals surface area contributed by atoms with E-state index in [4.69, 9.17) is 0 Å². The molecule has 0 heterocycles. The minimum atomic E-state index is -0.538. The molecule has 1 N–H and O–H groups in total. The number of ketones is 1. The van der Waals surface area contributed by atoms with Gasteiger partial charge in [-0.05, 0) is 62.7 Å². The lowest BCUT2D eigenvalue weighted by Gasteiger charge is -2.54. The summed E-state index contributed by atoms with van der Waals surface area (Å²) in [7, 11) is 0. The Balaban J connectivity index is 1.75. The van der Waals surface area contributed by atoms with Gasteiger partial charge in [0.2, 0.25) is 0 Å². The van der Waals surface area contributed by atoms with Crippen LogP contribution in [0.3, 0.4) is 0 Å². The summed E-state index contributed by atoms with van der Waals surface area (Å²) in [6.45, 7) is 6.59. The molecule has 5 atom stereocenters. The maximum absolute atomic E-state index is 12.4. The molecule has 0 saturated heterocycles. The van der Waals surface area contributed by atoms with Gasteiger partial charge in [0.15, 0.2) is 0 Å². The molecule has 2 nitrogen and oxygen atoms in total. The van der Waals surface area contributed by atoms with Crippen LogP contribution in [-0.4, -0.2) is 16.5 Å². The first-order chi connectivity index (χ1) is 10.3. The average Bonchev–Trinajstić information content (AvgIpc) is 2.76. The summed E-state index contributed by atoms with van der Waals surface area (Å²) >= 11 is 0. The molecule has 1 unspecified atom stereocenters. The van der Waals surface area contributed by atoms with E-state index in [0.717, 1.165) is 44.9 Å². The lowest BCUT2D eigenvalue weighted by Crippen LogP contribution is -2.47. The zero-order valence-corrected chi connectivity index (χ0v) is 14.1. The number of rotatable bonds is 0. The average molecular weight is 300 g/mol. The predicted octanol–water partition coefficient (Wildman–Crippen LogP) is 4.19. The van der Waals surface area contributed by atoms with Gasteiger partial charge < -0.3 is 5.11 Å². The highest BCUT2D eigenvalue weighted by Crippen LogP contribution is 2.63. The number of hydrogen-bond acceptors (Lipinski definition) is 2. The maximum Gasteiger partial charge on any atom is 0.139 e. The lowest BCUT2D eigenvalue weighted by atomic mass is 9.50. The van der Waals surface area contributed by atoms with E-state index in [1.807, 2.05) is 6.92 Å². The largest absolute Gasteiger partial charge is 0.390 e. The van der Waals surface area contributed by atoms with Gasteiger partial charge in [-0.25, -0.2) is 0 Å². The number of carbonyl (C=O) groups is 1. The third kappa shape index (κ3) is 1.79. The second-order valence-corrected chi connectivity index (χ2v) is 8.97. The summed E-state index contributed by atoms with van der Waals surface area (Å²) in [5, 5.41) is 10.4. The highest BCUT2D eigenvalue weighted by molar-refractivity contribution is 5.88. The zero-order chi connectivity index (χ0) is 15.8. The van der Waals surface area contributed by atoms with E-state index in [2.05, 4.69) is 26.0 Å². The fourth-order valence-electron chi connectivity index (χ4n) is 5.93. The maximum atomic E-state index is 12.4. The van der Waals surface area contributed by atoms with Crippen molar-refractivity contribution in [2.45, 2.75) is 71.3 Å². The number of aliphatic hydroxyl groups is 1. The van der Waals surface area contributed by atoms with Crippen LogP contribution in [-0.2, 0) is 4.79 Å². The van der Waals surface area contributed by atoms with Crippen LogP contribution >= 0.6 is 0 Å². The van der Waals surface area contributed by atoms with Gasteiger partial charge in [-0.2, -0.15) is 0 Å². The number of carbonyl (C=O) groups excluding carboxylic acids is 1. The molecule has 0 spiro atoms. The van der Waals surface area contributed by atoms with Crippen molar-refractivity contribution < 1.29 is 9.90 Å². The summed E-state index contributed by atoms with van der Waals surface area (Å²) in [5.41, 5.74) is 2.56. The Hall–Kier alpha value is -0.890. The minimum absolute atomic E-state index is 0.0931. The summed E-state index contributed by atoms with van der Waals surface area (Å²) in [5.74, 6) is 1.55. The quantitative estimate of drug-likeness (QED) is 0.728. The standard InChI is InChI=1S/C20H28O2/c1-18(22)10-11-19(2)13(12-18)4-5-14-15-6-7-17(21)20(15,3)9-8-16(14)19/h4-5,15-16,22H,6-12H2,1-3H3/t15-,16+,18?,19-,20-/m0/s1. The molecule has 0 aliphatic heterocycles. The van der Waals surface area contributed by atoms with Crippen molar-refractivity contribution in [3.8, 4) is 0 Å². The van der Waals surface area contributed by atoms with Gasteiger partial charge in [-0.1, -0.05) is 37.1 Å². The first-order valence-corrected chi connectivity index (χ1v) is 8.93. The smallest absolute Gasteiger partial charge is 0.139 e. The first-order valence-electron chi connectivity index (χ1n) is 8.93. The monoisotopic (exact) mass is 300 g/mol. The van der Waals surface area contributed by atoms with Crippen molar-refractivity contribution >= 4 is 5.78 Å². The SMILES string of the molecule is CC1(O)CC[C@@]2(C)C(=CC=C3[C@H]2CC[C@]2(C)C(=O)CC[C@@H]32)C1. The Morgan fingerprint density at radius 2 is 1.73 bits per heavy atom. The Kier molecular flexibility index (Phi) is 2.90. The first kappa shape index (κ1) is 14.7. The predicted molar refractivity (Wildman–Crippen MR) is 87.3 cm³/mol. The van der Waals surface area contributed by atoms with E-state index in [0.29, 0.717) is 17.6 Å². The van der Waals surface area contributed by atoms with Crippen LogP contribution in [0.15, 0.2) is 23.3 Å². The van der Waals surface area contributed by atoms with E-state index in [1.165, 1.54) is 5.57 Å². The molecule has 0 amide bonds. The molecule has 4 aliphatic carbocycles. The van der Waals surface area contributed by atoms with Crippen molar-refractivity contribution in [3.05, 3.63) is 23.3 Å². The molecular weight excluding hydrogens is 272 g/mol. The second kappa shape index (κ2) is 4.35. The molecule has 3 fully saturated rings. The molecular formula is C20H28O2. The molecule has 22 heavy (non-hydrogen) atoms. The third-order valence-electron chi connectivity index (χ3n) is 7.56. The van der Waals surface area contributed by atoms with Crippen LogP contribution in [0.2, 0.25) is 0 Å². The fourth-order valence-corrected chi connectivity index (χ4v) is 5.93. The number of fused-ring (bicyclic) bond motifs is 5. The van der Waals surface area contributed by atoms with Crippen LogP contribution in [0.4, 0.5) is 0 Å². The number of allylic oxidation sites excluding steroid dienone is 3. The van der Waals surface area contributed by atoms with Crippen molar-refractivity contribution in [2.24, 2.45) is 22.7 Å². The number of hydrogen-bond donors (Lipinski definition) is 1. The van der Waals surface area contributed by atoms with Gasteiger partial charge in [0.05, 0.1) is 5.60 Å². The molecule has 0 aromatic heterocycles. The Bertz CT molecular complexity index is 597. The Labute approximate surface area is 133 Å². The van der Waals surface area contributed by atoms with Crippen LogP contribution in [0.25, 0.3) is 0 Å². The lowest BCUT2D eigenvalue weighted by molar-refractivity contribution is -0.127. The van der Waals surface area contributed by atoms with Crippen LogP contribution in [0.1, 0.15) is 65.7 Å². The number of Topliss-reactive ketones (excluding diaryl/α,β-unsaturated/α-hetero) is 1. The van der Waals surface area contributed by atoms with Gasteiger partial charge in [0.25, 0.3) is 0 Å². The summed E-state index contributed by atoms with van der Waals surface area (Å²) in [6.07, 6.45) is 11.4. The van der Waals surface area contributed by atoms with Crippen LogP contribution in [0.5, 0.6) is 0 Å². The Morgan fingerprint density at radius 1 is 1.00 bits per heavy atom. The van der Waals surface area contributed by atoms with Crippen molar-refractivity contribution in [3.63, 3.8) is 0 Å². The molecule has 120 valence electrons.